The van der Waals surface area contributed by atoms with Gasteiger partial charge in [-0.15, -0.1) is 0 Å². The number of urea groups is 1. The molecular weight excluding hydrogens is 937 g/mol. The fourth-order valence-electron chi connectivity index (χ4n) is 8.89. The summed E-state index contributed by atoms with van der Waals surface area (Å²) in [5.41, 5.74) is 7.19. The molecule has 1 aliphatic carbocycles. The highest BCUT2D eigenvalue weighted by atomic mass is 32.1. The van der Waals surface area contributed by atoms with Gasteiger partial charge in [0.2, 0.25) is 0 Å². The average Bonchev–Trinajstić information content (AvgIpc) is 3.90. The number of imidazole rings is 1. The van der Waals surface area contributed by atoms with Crippen LogP contribution in [0.5, 0.6) is 5.75 Å². The number of amides is 2. The zero-order valence-electron chi connectivity index (χ0n) is 41.1. The number of aliphatic hydroxyl groups excluding tert-OH is 2. The number of anilines is 2. The molecule has 378 valence electrons. The van der Waals surface area contributed by atoms with Gasteiger partial charge in [0.25, 0.3) is 0 Å². The van der Waals surface area contributed by atoms with Crippen LogP contribution in [-0.2, 0) is 26.2 Å². The van der Waals surface area contributed by atoms with Crippen LogP contribution >= 0.6 is 12.2 Å². The minimum Gasteiger partial charge on any atom is -0.508 e. The van der Waals surface area contributed by atoms with Gasteiger partial charge in [-0.25, -0.2) is 19.7 Å². The van der Waals surface area contributed by atoms with E-state index in [9.17, 15) is 24.9 Å². The van der Waals surface area contributed by atoms with E-state index in [-0.39, 0.29) is 34.8 Å². The number of hydrogen-bond donors (Lipinski definition) is 6. The fraction of sp³-hybridized carbons (Fsp3) is 0.389. The number of nitrogens with zero attached hydrogens (tertiary/aromatic N) is 5. The van der Waals surface area contributed by atoms with Crippen LogP contribution in [0.25, 0.3) is 44.6 Å². The predicted molar refractivity (Wildman–Crippen MR) is 279 cm³/mol. The molecule has 3 aromatic carbocycles. The number of thiocarbonyl (C=S) groups is 1. The minimum atomic E-state index is -1.21. The second kappa shape index (κ2) is 24.0. The normalized spacial score (nSPS) is 16.7. The SMILES string of the molecule is CC(C)N(CCCNC(=O)Nc1ccc(C(C)(C)C)cc1)C[C@H]1O[C@@H](n2cnc3c(NCCCCCC(=S)Cc4ccc(-c5c6ccc(=O)cc-6oc6cc(O)ccc56)cc4)ncnc32)[C@H](O)[C@@H]1O.O=C=O. The smallest absolute Gasteiger partial charge is 0.373 e. The number of nitrogens with one attached hydrogen (secondary N) is 3. The van der Waals surface area contributed by atoms with Crippen molar-refractivity contribution in [2.75, 3.05) is 36.8 Å². The van der Waals surface area contributed by atoms with Gasteiger partial charge < -0.3 is 40.4 Å². The highest BCUT2D eigenvalue weighted by Crippen LogP contribution is 2.41. The lowest BCUT2D eigenvalue weighted by Crippen LogP contribution is -2.44. The molecule has 6 N–H and O–H groups in total. The summed E-state index contributed by atoms with van der Waals surface area (Å²) in [5, 5.41) is 42.6. The van der Waals surface area contributed by atoms with Gasteiger partial charge in [-0.1, -0.05) is 75.8 Å². The first-order valence-corrected chi connectivity index (χ1v) is 24.6. The van der Waals surface area contributed by atoms with E-state index < -0.39 is 24.5 Å². The molecule has 0 bridgehead atoms. The van der Waals surface area contributed by atoms with Crippen molar-refractivity contribution in [3.63, 3.8) is 0 Å². The molecular formula is C54H62N8O9S. The van der Waals surface area contributed by atoms with Gasteiger partial charge in [0, 0.05) is 73.0 Å². The maximum Gasteiger partial charge on any atom is 0.373 e. The zero-order chi connectivity index (χ0) is 51.5. The van der Waals surface area contributed by atoms with Gasteiger partial charge in [0.1, 0.15) is 41.7 Å². The quantitative estimate of drug-likeness (QED) is 0.0254. The number of unbranched alkanes of at least 4 members (excludes halogenated alkanes) is 2. The van der Waals surface area contributed by atoms with E-state index in [1.807, 2.05) is 30.3 Å². The Balaban J connectivity index is 0.00000247. The number of hydrogen-bond acceptors (Lipinski definition) is 15. The number of ether oxygens (including phenoxy) is 1. The van der Waals surface area contributed by atoms with Gasteiger partial charge >= 0.3 is 12.2 Å². The average molecular weight is 999 g/mol. The van der Waals surface area contributed by atoms with Crippen molar-refractivity contribution in [3.8, 4) is 28.2 Å². The van der Waals surface area contributed by atoms with Gasteiger partial charge in [0.15, 0.2) is 28.6 Å². The number of benzene rings is 4. The third-order valence-corrected chi connectivity index (χ3v) is 13.1. The Hall–Kier alpha value is -6.92. The molecule has 4 heterocycles. The van der Waals surface area contributed by atoms with Crippen LogP contribution in [0.1, 0.15) is 84.1 Å². The lowest BCUT2D eigenvalue weighted by atomic mass is 9.87. The molecule has 8 rings (SSSR count). The summed E-state index contributed by atoms with van der Waals surface area (Å²) in [4.78, 5) is 57.6. The van der Waals surface area contributed by atoms with E-state index in [1.165, 1.54) is 24.0 Å². The van der Waals surface area contributed by atoms with E-state index in [1.54, 1.807) is 29.1 Å². The number of aromatic nitrogens is 4. The number of carbonyl (C=O) groups is 1. The van der Waals surface area contributed by atoms with Crippen LogP contribution in [0.3, 0.4) is 0 Å². The number of rotatable bonds is 19. The number of carbonyl (C=O) groups excluding carboxylic acids is 3. The van der Waals surface area contributed by atoms with Crippen LogP contribution in [0.4, 0.5) is 16.3 Å². The summed E-state index contributed by atoms with van der Waals surface area (Å²) in [5.74, 6) is 1.13. The van der Waals surface area contributed by atoms with Crippen molar-refractivity contribution in [3.05, 3.63) is 119 Å². The van der Waals surface area contributed by atoms with E-state index in [0.717, 1.165) is 63.9 Å². The largest absolute Gasteiger partial charge is 0.508 e. The van der Waals surface area contributed by atoms with Crippen LogP contribution in [0, 0.1) is 0 Å². The number of aliphatic hydroxyl groups is 2. The molecule has 5 aromatic rings. The Labute approximate surface area is 423 Å². The van der Waals surface area contributed by atoms with E-state index in [4.69, 9.17) is 31.0 Å². The second-order valence-corrected chi connectivity index (χ2v) is 19.9. The van der Waals surface area contributed by atoms with Crippen LogP contribution < -0.4 is 21.4 Å². The van der Waals surface area contributed by atoms with E-state index in [0.29, 0.717) is 67.3 Å². The molecule has 0 saturated carbocycles. The molecule has 17 nitrogen and oxygen atoms in total. The summed E-state index contributed by atoms with van der Waals surface area (Å²) in [6.07, 6.45) is 4.35. The van der Waals surface area contributed by atoms with Crippen molar-refractivity contribution >= 4 is 62.9 Å². The predicted octanol–water partition coefficient (Wildman–Crippen LogP) is 8.25. The zero-order valence-corrected chi connectivity index (χ0v) is 41.9. The molecule has 2 aliphatic heterocycles. The fourth-order valence-corrected chi connectivity index (χ4v) is 9.20. The van der Waals surface area contributed by atoms with Crippen LogP contribution in [0.15, 0.2) is 107 Å². The van der Waals surface area contributed by atoms with Crippen molar-refractivity contribution in [2.45, 2.75) is 109 Å². The van der Waals surface area contributed by atoms with E-state index in [2.05, 4.69) is 94.7 Å². The van der Waals surface area contributed by atoms with Gasteiger partial charge in [-0.2, -0.15) is 9.59 Å². The lowest BCUT2D eigenvalue weighted by molar-refractivity contribution is -0.191. The highest BCUT2D eigenvalue weighted by molar-refractivity contribution is 7.80. The molecule has 0 radical (unpaired) electrons. The summed E-state index contributed by atoms with van der Waals surface area (Å²) in [6.45, 7) is 12.7. The topological polar surface area (TPSA) is 234 Å². The Bertz CT molecular complexity index is 3020. The van der Waals surface area contributed by atoms with Gasteiger partial charge in [-0.05, 0) is 103 Å². The van der Waals surface area contributed by atoms with Crippen molar-refractivity contribution in [1.82, 2.24) is 29.7 Å². The lowest BCUT2D eigenvalue weighted by Gasteiger charge is -2.30. The summed E-state index contributed by atoms with van der Waals surface area (Å²) in [7, 11) is 0. The molecule has 3 aliphatic rings. The number of phenols is 1. The van der Waals surface area contributed by atoms with Crippen LogP contribution in [0.2, 0.25) is 0 Å². The third kappa shape index (κ3) is 13.1. The van der Waals surface area contributed by atoms with Gasteiger partial charge in [-0.3, -0.25) is 14.3 Å². The molecule has 2 aromatic heterocycles. The Morgan fingerprint density at radius 3 is 2.38 bits per heavy atom. The van der Waals surface area contributed by atoms with Crippen LogP contribution in [-0.4, -0.2) is 107 Å². The number of aromatic hydroxyl groups is 1. The highest BCUT2D eigenvalue weighted by Gasteiger charge is 2.45. The summed E-state index contributed by atoms with van der Waals surface area (Å²) < 4.78 is 14.0. The van der Waals surface area contributed by atoms with Crippen molar-refractivity contribution in [1.29, 1.82) is 0 Å². The first kappa shape index (κ1) is 52.9. The van der Waals surface area contributed by atoms with E-state index >= 15 is 0 Å². The standard InChI is InChI=1S/C53H62N8O7S.CO2/c1-32(2)60(25-9-24-55-52(66)59-36-17-15-35(16-18-36)53(3,4)5)29-44-47(64)48(65)51(68-44)61-31-58-46-49(56-30-57-50(46)61)54-23-8-6-7-10-39(69)26-33-11-13-34(14-12-33)45-40-21-19-37(62)27-42(40)67-43-28-38(63)20-22-41(43)45;2-1-3/h11-22,27-28,30-32,44,47-48,51,62,64-65H,6-10,23-26,29H2,1-5H3,(H,54,56,57)(H2,55,59,66);/t44-,47-,48-,51-;/m1./s1. The minimum absolute atomic E-state index is 0.0327. The summed E-state index contributed by atoms with van der Waals surface area (Å²) in [6, 6.07) is 25.9. The number of phenolic OH excluding ortho intramolecular Hbond substituents is 1. The Kier molecular flexibility index (Phi) is 17.6. The summed E-state index contributed by atoms with van der Waals surface area (Å²) >= 11 is 5.81. The molecule has 2 amide bonds. The van der Waals surface area contributed by atoms with Gasteiger partial charge in [0.05, 0.1) is 6.33 Å². The molecule has 18 heteroatoms. The molecule has 1 fully saturated rings. The Morgan fingerprint density at radius 1 is 0.903 bits per heavy atom. The first-order chi connectivity index (χ1) is 34.5. The maximum absolute atomic E-state index is 12.6. The Morgan fingerprint density at radius 2 is 1.65 bits per heavy atom. The van der Waals surface area contributed by atoms with Crippen molar-refractivity contribution < 1.29 is 38.9 Å². The third-order valence-electron chi connectivity index (χ3n) is 12.8. The number of fused-ring (bicyclic) bond motifs is 3. The monoisotopic (exact) mass is 998 g/mol. The second-order valence-electron chi connectivity index (χ2n) is 19.3. The maximum atomic E-state index is 12.6. The first-order valence-electron chi connectivity index (χ1n) is 24.2. The molecule has 72 heavy (non-hydrogen) atoms. The molecule has 0 spiro atoms. The molecule has 0 unspecified atom stereocenters. The molecule has 1 saturated heterocycles. The molecule has 4 atom stereocenters. The van der Waals surface area contributed by atoms with Crippen molar-refractivity contribution in [2.24, 2.45) is 0 Å².